The summed E-state index contributed by atoms with van der Waals surface area (Å²) in [5, 5.41) is 3.09. The zero-order valence-electron chi connectivity index (χ0n) is 11.1. The molecule has 0 heterocycles. The molecule has 18 heavy (non-hydrogen) atoms. The van der Waals surface area contributed by atoms with Crippen LogP contribution in [0.4, 0.5) is 0 Å². The number of methoxy groups -OCH3 is 1. The smallest absolute Gasteiger partial charge is 0.223 e. The highest BCUT2D eigenvalue weighted by atomic mass is 16.5. The quantitative estimate of drug-likeness (QED) is 0.888. The molecule has 1 atom stereocenters. The highest BCUT2D eigenvalue weighted by Gasteiger charge is 2.23. The maximum atomic E-state index is 12.0. The largest absolute Gasteiger partial charge is 0.497 e. The molecule has 1 aliphatic rings. The molecule has 3 heteroatoms. The molecule has 1 aromatic carbocycles. The predicted octanol–water partition coefficient (Wildman–Crippen LogP) is 3.06. The van der Waals surface area contributed by atoms with Crippen molar-refractivity contribution in [3.05, 3.63) is 29.8 Å². The van der Waals surface area contributed by atoms with Crippen molar-refractivity contribution in [3.8, 4) is 5.75 Å². The predicted molar refractivity (Wildman–Crippen MR) is 71.5 cm³/mol. The number of nitrogens with one attached hydrogen (secondary N) is 1. The Balaban J connectivity index is 1.97. The minimum atomic E-state index is 0.0354. The van der Waals surface area contributed by atoms with E-state index >= 15 is 0 Å². The lowest BCUT2D eigenvalue weighted by atomic mass is 10.0. The lowest BCUT2D eigenvalue weighted by Gasteiger charge is -2.17. The van der Waals surface area contributed by atoms with E-state index in [0.29, 0.717) is 0 Å². The molecular weight excluding hydrogens is 226 g/mol. The standard InChI is InChI=1S/C15H21NO2/c1-11(13-8-5-9-14(10-13)18-2)16-15(17)12-6-3-4-7-12/h5,8-12H,3-4,6-7H2,1-2H3,(H,16,17)/t11-/m0/s1. The van der Waals surface area contributed by atoms with Crippen LogP contribution >= 0.6 is 0 Å². The van der Waals surface area contributed by atoms with Crippen molar-refractivity contribution in [3.63, 3.8) is 0 Å². The molecule has 0 bridgehead atoms. The van der Waals surface area contributed by atoms with Gasteiger partial charge in [0.2, 0.25) is 5.91 Å². The maximum Gasteiger partial charge on any atom is 0.223 e. The van der Waals surface area contributed by atoms with Crippen molar-refractivity contribution in [1.29, 1.82) is 0 Å². The molecule has 1 fully saturated rings. The third-order valence-electron chi connectivity index (χ3n) is 3.68. The molecule has 1 amide bonds. The second-order valence-electron chi connectivity index (χ2n) is 4.99. The Morgan fingerprint density at radius 3 is 2.78 bits per heavy atom. The van der Waals surface area contributed by atoms with Crippen LogP contribution in [0.15, 0.2) is 24.3 Å². The van der Waals surface area contributed by atoms with Gasteiger partial charge in [0.25, 0.3) is 0 Å². The van der Waals surface area contributed by atoms with Gasteiger partial charge < -0.3 is 10.1 Å². The van der Waals surface area contributed by atoms with Gasteiger partial charge >= 0.3 is 0 Å². The van der Waals surface area contributed by atoms with Crippen LogP contribution in [0.2, 0.25) is 0 Å². The van der Waals surface area contributed by atoms with Crippen molar-refractivity contribution in [1.82, 2.24) is 5.32 Å². The van der Waals surface area contributed by atoms with Crippen molar-refractivity contribution in [2.75, 3.05) is 7.11 Å². The number of rotatable bonds is 4. The summed E-state index contributed by atoms with van der Waals surface area (Å²) in [4.78, 5) is 12.0. The van der Waals surface area contributed by atoms with Crippen LogP contribution in [-0.4, -0.2) is 13.0 Å². The van der Waals surface area contributed by atoms with Gasteiger partial charge in [-0.3, -0.25) is 4.79 Å². The molecule has 1 aliphatic carbocycles. The van der Waals surface area contributed by atoms with Crippen LogP contribution in [0.3, 0.4) is 0 Å². The van der Waals surface area contributed by atoms with Gasteiger partial charge in [-0.25, -0.2) is 0 Å². The summed E-state index contributed by atoms with van der Waals surface area (Å²) in [6.07, 6.45) is 4.45. The lowest BCUT2D eigenvalue weighted by molar-refractivity contribution is -0.125. The third-order valence-corrected chi connectivity index (χ3v) is 3.68. The summed E-state index contributed by atoms with van der Waals surface area (Å²) in [5.74, 6) is 1.25. The van der Waals surface area contributed by atoms with E-state index in [1.54, 1.807) is 7.11 Å². The molecule has 0 radical (unpaired) electrons. The van der Waals surface area contributed by atoms with Gasteiger partial charge in [-0.1, -0.05) is 25.0 Å². The number of hydrogen-bond donors (Lipinski definition) is 1. The van der Waals surface area contributed by atoms with Gasteiger partial charge in [-0.2, -0.15) is 0 Å². The molecule has 1 saturated carbocycles. The van der Waals surface area contributed by atoms with Crippen LogP contribution in [0.25, 0.3) is 0 Å². The first-order valence-electron chi connectivity index (χ1n) is 6.65. The molecule has 0 unspecified atom stereocenters. The summed E-state index contributed by atoms with van der Waals surface area (Å²) >= 11 is 0. The average Bonchev–Trinajstić information content (AvgIpc) is 2.92. The minimum absolute atomic E-state index is 0.0354. The van der Waals surface area contributed by atoms with Crippen LogP contribution in [0.1, 0.15) is 44.2 Å². The molecule has 1 N–H and O–H groups in total. The van der Waals surface area contributed by atoms with E-state index in [-0.39, 0.29) is 17.9 Å². The SMILES string of the molecule is COc1cccc([C@H](C)NC(=O)C2CCCC2)c1. The van der Waals surface area contributed by atoms with E-state index in [2.05, 4.69) is 5.32 Å². The average molecular weight is 247 g/mol. The van der Waals surface area contributed by atoms with E-state index in [1.807, 2.05) is 31.2 Å². The molecule has 3 nitrogen and oxygen atoms in total. The summed E-state index contributed by atoms with van der Waals surface area (Å²) in [6, 6.07) is 7.89. The highest BCUT2D eigenvalue weighted by molar-refractivity contribution is 5.79. The van der Waals surface area contributed by atoms with Gasteiger partial charge in [-0.05, 0) is 37.5 Å². The normalized spacial score (nSPS) is 17.4. The van der Waals surface area contributed by atoms with Gasteiger partial charge in [-0.15, -0.1) is 0 Å². The van der Waals surface area contributed by atoms with Crippen LogP contribution in [-0.2, 0) is 4.79 Å². The van der Waals surface area contributed by atoms with E-state index in [4.69, 9.17) is 4.74 Å². The van der Waals surface area contributed by atoms with Gasteiger partial charge in [0, 0.05) is 5.92 Å². The third kappa shape index (κ3) is 3.03. The molecule has 98 valence electrons. The first-order valence-corrected chi connectivity index (χ1v) is 6.65. The fourth-order valence-corrected chi connectivity index (χ4v) is 2.51. The van der Waals surface area contributed by atoms with E-state index in [0.717, 1.165) is 24.2 Å². The number of carbonyl (C=O) groups excluding carboxylic acids is 1. The first kappa shape index (κ1) is 12.9. The van der Waals surface area contributed by atoms with E-state index < -0.39 is 0 Å². The van der Waals surface area contributed by atoms with Crippen molar-refractivity contribution < 1.29 is 9.53 Å². The van der Waals surface area contributed by atoms with Crippen molar-refractivity contribution in [2.45, 2.75) is 38.6 Å². The molecule has 0 aliphatic heterocycles. The van der Waals surface area contributed by atoms with Crippen LogP contribution < -0.4 is 10.1 Å². The Hall–Kier alpha value is -1.51. The van der Waals surface area contributed by atoms with Crippen LogP contribution in [0, 0.1) is 5.92 Å². The Bertz CT molecular complexity index is 411. The van der Waals surface area contributed by atoms with Gasteiger partial charge in [0.05, 0.1) is 13.2 Å². The fourth-order valence-electron chi connectivity index (χ4n) is 2.51. The number of benzene rings is 1. The maximum absolute atomic E-state index is 12.0. The molecule has 0 aromatic heterocycles. The molecule has 0 spiro atoms. The Morgan fingerprint density at radius 2 is 2.11 bits per heavy atom. The Kier molecular flexibility index (Phi) is 4.24. The zero-order chi connectivity index (χ0) is 13.0. The van der Waals surface area contributed by atoms with Gasteiger partial charge in [0.1, 0.15) is 5.75 Å². The minimum Gasteiger partial charge on any atom is -0.497 e. The number of amides is 1. The lowest BCUT2D eigenvalue weighted by Crippen LogP contribution is -2.31. The number of ether oxygens (including phenoxy) is 1. The number of hydrogen-bond acceptors (Lipinski definition) is 2. The molecular formula is C15H21NO2. The van der Waals surface area contributed by atoms with Crippen LogP contribution in [0.5, 0.6) is 5.75 Å². The van der Waals surface area contributed by atoms with Crippen molar-refractivity contribution in [2.24, 2.45) is 5.92 Å². The monoisotopic (exact) mass is 247 g/mol. The van der Waals surface area contributed by atoms with Gasteiger partial charge in [0.15, 0.2) is 0 Å². The zero-order valence-corrected chi connectivity index (χ0v) is 11.1. The fraction of sp³-hybridized carbons (Fsp3) is 0.533. The Morgan fingerprint density at radius 1 is 1.39 bits per heavy atom. The second-order valence-corrected chi connectivity index (χ2v) is 4.99. The number of carbonyl (C=O) groups is 1. The van der Waals surface area contributed by atoms with E-state index in [1.165, 1.54) is 12.8 Å². The summed E-state index contributed by atoms with van der Waals surface area (Å²) in [6.45, 7) is 2.02. The first-order chi connectivity index (χ1) is 8.70. The summed E-state index contributed by atoms with van der Waals surface area (Å²) in [7, 11) is 1.65. The summed E-state index contributed by atoms with van der Waals surface area (Å²) in [5.41, 5.74) is 1.08. The molecule has 1 aromatic rings. The van der Waals surface area contributed by atoms with E-state index in [9.17, 15) is 4.79 Å². The van der Waals surface area contributed by atoms with Crippen molar-refractivity contribution >= 4 is 5.91 Å². The molecule has 2 rings (SSSR count). The highest BCUT2D eigenvalue weighted by Crippen LogP contribution is 2.26. The summed E-state index contributed by atoms with van der Waals surface area (Å²) < 4.78 is 5.20. The Labute approximate surface area is 109 Å². The second kappa shape index (κ2) is 5.89. The molecule has 0 saturated heterocycles. The topological polar surface area (TPSA) is 38.3 Å².